The molecule has 2 saturated heterocycles. The number of ether oxygens (including phenoxy) is 3. The molecule has 1 aromatic rings. The smallest absolute Gasteiger partial charge is 0.353 e. The van der Waals surface area contributed by atoms with Crippen molar-refractivity contribution in [2.45, 2.75) is 63.6 Å². The maximum absolute atomic E-state index is 13.4. The molecule has 3 heterocycles. The summed E-state index contributed by atoms with van der Waals surface area (Å²) in [6.45, 7) is 2.79. The minimum atomic E-state index is -4.35. The van der Waals surface area contributed by atoms with Crippen molar-refractivity contribution < 1.29 is 37.1 Å². The molecule has 16 heteroatoms. The first-order valence-electron chi connectivity index (χ1n) is 11.0. The second kappa shape index (κ2) is 12.1. The molecule has 0 aromatic carbocycles. The van der Waals surface area contributed by atoms with Gasteiger partial charge in [-0.1, -0.05) is 5.11 Å². The molecule has 6 atom stereocenters. The molecule has 0 saturated carbocycles. The van der Waals surface area contributed by atoms with Gasteiger partial charge in [-0.15, -0.1) is 0 Å². The van der Waals surface area contributed by atoms with E-state index in [0.29, 0.717) is 19.3 Å². The monoisotopic (exact) mass is 517 g/mol. The Hall–Kier alpha value is -2.35. The molecular formula is C19H28N5O10P. The summed E-state index contributed by atoms with van der Waals surface area (Å²) in [5.41, 5.74) is 7.61. The van der Waals surface area contributed by atoms with Crippen LogP contribution in [0.4, 0.5) is 0 Å². The zero-order chi connectivity index (χ0) is 25.6. The summed E-state index contributed by atoms with van der Waals surface area (Å²) >= 11 is 0. The van der Waals surface area contributed by atoms with E-state index >= 15 is 0 Å². The van der Waals surface area contributed by atoms with Crippen molar-refractivity contribution in [2.24, 2.45) is 12.2 Å². The van der Waals surface area contributed by atoms with Crippen LogP contribution in [0.1, 0.15) is 32.9 Å². The number of phosphoric ester groups is 1. The number of phosphoric acid groups is 1. The van der Waals surface area contributed by atoms with Gasteiger partial charge in [0, 0.05) is 37.3 Å². The third-order valence-electron chi connectivity index (χ3n) is 5.19. The van der Waals surface area contributed by atoms with Gasteiger partial charge >= 0.3 is 13.5 Å². The molecular weight excluding hydrogens is 489 g/mol. The van der Waals surface area contributed by atoms with Gasteiger partial charge in [-0.25, -0.2) is 9.36 Å². The highest BCUT2D eigenvalue weighted by Crippen LogP contribution is 2.54. The highest BCUT2D eigenvalue weighted by Gasteiger charge is 2.52. The molecule has 15 nitrogen and oxygen atoms in total. The second-order valence-electron chi connectivity index (χ2n) is 8.06. The quantitative estimate of drug-likeness (QED) is 0.129. The van der Waals surface area contributed by atoms with Crippen molar-refractivity contribution in [1.82, 2.24) is 9.13 Å². The Morgan fingerprint density at radius 2 is 2.14 bits per heavy atom. The molecule has 3 unspecified atom stereocenters. The molecule has 0 N–H and O–H groups in total. The Labute approximate surface area is 200 Å². The van der Waals surface area contributed by atoms with Crippen molar-refractivity contribution in [3.05, 3.63) is 43.5 Å². The van der Waals surface area contributed by atoms with Gasteiger partial charge < -0.3 is 19.0 Å². The van der Waals surface area contributed by atoms with Crippen molar-refractivity contribution in [1.29, 1.82) is 0 Å². The number of hydrogen-bond donors (Lipinski definition) is 0. The Kier molecular flexibility index (Phi) is 9.39. The lowest BCUT2D eigenvalue weighted by Crippen LogP contribution is -2.44. The minimum absolute atomic E-state index is 0.279. The summed E-state index contributed by atoms with van der Waals surface area (Å²) in [6.07, 6.45) is -3.00. The van der Waals surface area contributed by atoms with E-state index in [0.717, 1.165) is 15.6 Å². The van der Waals surface area contributed by atoms with Crippen LogP contribution in [-0.2, 0) is 44.2 Å². The summed E-state index contributed by atoms with van der Waals surface area (Å²) in [7, 11) is -3.05. The van der Waals surface area contributed by atoms with Crippen molar-refractivity contribution in [3.63, 3.8) is 0 Å². The average Bonchev–Trinajstić information content (AvgIpc) is 3.43. The van der Waals surface area contributed by atoms with E-state index in [4.69, 9.17) is 33.3 Å². The van der Waals surface area contributed by atoms with Gasteiger partial charge in [0.25, 0.3) is 5.56 Å². The van der Waals surface area contributed by atoms with Gasteiger partial charge in [0.1, 0.15) is 25.1 Å². The number of azide groups is 1. The van der Waals surface area contributed by atoms with Gasteiger partial charge in [-0.3, -0.25) is 27.5 Å². The van der Waals surface area contributed by atoms with Crippen molar-refractivity contribution >= 4 is 14.1 Å². The molecule has 0 radical (unpaired) electrons. The second-order valence-corrected chi connectivity index (χ2v) is 9.63. The van der Waals surface area contributed by atoms with Gasteiger partial charge in [0.15, 0.2) is 12.5 Å². The zero-order valence-corrected chi connectivity index (χ0v) is 20.4. The SMILES string of the molecule is CC(C)OP(=O)(OCC=O)OC1[C@@H](CN=[N+]=[N-])O[C@@H](n2ccc(=O)n(C)c2=O)[C@H]1OC1CCCO1. The Morgan fingerprint density at radius 3 is 2.77 bits per heavy atom. The molecule has 194 valence electrons. The molecule has 2 aliphatic rings. The summed E-state index contributed by atoms with van der Waals surface area (Å²) < 4.78 is 49.2. The van der Waals surface area contributed by atoms with E-state index in [2.05, 4.69) is 10.0 Å². The van der Waals surface area contributed by atoms with E-state index in [9.17, 15) is 18.9 Å². The third-order valence-corrected chi connectivity index (χ3v) is 6.84. The maximum atomic E-state index is 13.4. The lowest BCUT2D eigenvalue weighted by atomic mass is 10.1. The Morgan fingerprint density at radius 1 is 1.37 bits per heavy atom. The fourth-order valence-corrected chi connectivity index (χ4v) is 5.18. The molecule has 2 aliphatic heterocycles. The fraction of sp³-hybridized carbons (Fsp3) is 0.737. The van der Waals surface area contributed by atoms with Crippen LogP contribution in [0.2, 0.25) is 0 Å². The predicted octanol–water partition coefficient (Wildman–Crippen LogP) is 1.41. The number of carbonyl (C=O) groups excluding carboxylic acids is 1. The van der Waals surface area contributed by atoms with Gasteiger partial charge in [-0.05, 0) is 25.8 Å². The summed E-state index contributed by atoms with van der Waals surface area (Å²) in [4.78, 5) is 38.4. The van der Waals surface area contributed by atoms with Crippen molar-refractivity contribution in [2.75, 3.05) is 19.8 Å². The highest BCUT2D eigenvalue weighted by atomic mass is 31.2. The minimum Gasteiger partial charge on any atom is -0.353 e. The van der Waals surface area contributed by atoms with E-state index in [1.807, 2.05) is 0 Å². The van der Waals surface area contributed by atoms with Gasteiger partial charge in [0.05, 0.1) is 18.8 Å². The number of aldehydes is 1. The Balaban J connectivity index is 2.04. The summed E-state index contributed by atoms with van der Waals surface area (Å²) in [5, 5.41) is 3.52. The van der Waals surface area contributed by atoms with Crippen LogP contribution >= 0.6 is 7.82 Å². The fourth-order valence-electron chi connectivity index (χ4n) is 3.69. The summed E-state index contributed by atoms with van der Waals surface area (Å²) in [5.74, 6) is 0. The molecule has 1 aromatic heterocycles. The molecule has 2 fully saturated rings. The molecule has 0 spiro atoms. The molecule has 35 heavy (non-hydrogen) atoms. The van der Waals surface area contributed by atoms with Crippen LogP contribution in [0.3, 0.4) is 0 Å². The number of nitrogens with zero attached hydrogens (tertiary/aromatic N) is 5. The normalized spacial score (nSPS) is 28.1. The lowest BCUT2D eigenvalue weighted by Gasteiger charge is -2.29. The van der Waals surface area contributed by atoms with E-state index in [-0.39, 0.29) is 6.54 Å². The van der Waals surface area contributed by atoms with Crippen LogP contribution in [-0.4, -0.2) is 65.9 Å². The molecule has 0 aliphatic carbocycles. The number of rotatable bonds is 12. The summed E-state index contributed by atoms with van der Waals surface area (Å²) in [6, 6.07) is 1.17. The van der Waals surface area contributed by atoms with Crippen LogP contribution in [0, 0.1) is 0 Å². The molecule has 0 bridgehead atoms. The van der Waals surface area contributed by atoms with Crippen LogP contribution < -0.4 is 11.2 Å². The first-order chi connectivity index (χ1) is 16.7. The largest absolute Gasteiger partial charge is 0.475 e. The van der Waals surface area contributed by atoms with Gasteiger partial charge in [0.2, 0.25) is 0 Å². The number of aromatic nitrogens is 2. The van der Waals surface area contributed by atoms with E-state index in [1.165, 1.54) is 19.3 Å². The van der Waals surface area contributed by atoms with Gasteiger partial charge in [-0.2, -0.15) is 0 Å². The standard InChI is InChI=1S/C19H28N5O10P/c1-12(2)33-35(28,30-10-8-25)34-16-13(11-21-22-20)31-18(17(16)32-15-5-4-9-29-15)24-7-6-14(26)23(3)19(24)27/h6-8,12-13,15-18H,4-5,9-11H2,1-3H3/t13-,15?,16?,17+,18-,35?/m1/s1. The van der Waals surface area contributed by atoms with Crippen LogP contribution in [0.15, 0.2) is 27.0 Å². The molecule has 3 rings (SSSR count). The topological polar surface area (TPSA) is 182 Å². The highest BCUT2D eigenvalue weighted by molar-refractivity contribution is 7.48. The lowest BCUT2D eigenvalue weighted by molar-refractivity contribution is -0.182. The maximum Gasteiger partial charge on any atom is 0.475 e. The first-order valence-corrected chi connectivity index (χ1v) is 12.4. The van der Waals surface area contributed by atoms with E-state index in [1.54, 1.807) is 13.8 Å². The Bertz CT molecular complexity index is 1090. The third kappa shape index (κ3) is 6.66. The van der Waals surface area contributed by atoms with E-state index < -0.39 is 62.6 Å². The van der Waals surface area contributed by atoms with Crippen molar-refractivity contribution in [3.8, 4) is 0 Å². The van der Waals surface area contributed by atoms with Crippen LogP contribution in [0.25, 0.3) is 10.4 Å². The molecule has 0 amide bonds. The zero-order valence-electron chi connectivity index (χ0n) is 19.5. The average molecular weight is 517 g/mol. The van der Waals surface area contributed by atoms with Crippen LogP contribution in [0.5, 0.6) is 0 Å². The number of hydrogen-bond acceptors (Lipinski definition) is 11. The predicted molar refractivity (Wildman–Crippen MR) is 118 cm³/mol. The first kappa shape index (κ1) is 27.2. The number of carbonyl (C=O) groups is 1.